The average molecular weight is 303 g/mol. The molecule has 0 aliphatic carbocycles. The first-order chi connectivity index (χ1) is 10.3. The Hall–Kier alpha value is -2.37. The maximum atomic E-state index is 12.0. The summed E-state index contributed by atoms with van der Waals surface area (Å²) >= 11 is 0. The Morgan fingerprint density at radius 1 is 1.36 bits per heavy atom. The van der Waals surface area contributed by atoms with E-state index in [2.05, 4.69) is 10.2 Å². The summed E-state index contributed by atoms with van der Waals surface area (Å²) < 4.78 is 10.5. The molecule has 0 spiro atoms. The maximum absolute atomic E-state index is 12.0. The van der Waals surface area contributed by atoms with Gasteiger partial charge in [0.15, 0.2) is 0 Å². The SMILES string of the molecule is Cc1cc(CN(C)C(=O)OC(C)(C)C)ccc1-c1nnco1. The van der Waals surface area contributed by atoms with E-state index in [0.717, 1.165) is 16.7 Å². The number of benzene rings is 1. The van der Waals surface area contributed by atoms with Gasteiger partial charge in [0.1, 0.15) is 5.60 Å². The lowest BCUT2D eigenvalue weighted by molar-refractivity contribution is 0.0285. The second-order valence-corrected chi connectivity index (χ2v) is 6.23. The van der Waals surface area contributed by atoms with Crippen molar-refractivity contribution in [2.75, 3.05) is 7.05 Å². The van der Waals surface area contributed by atoms with Crippen LogP contribution in [0.3, 0.4) is 0 Å². The number of carbonyl (C=O) groups excluding carboxylic acids is 1. The van der Waals surface area contributed by atoms with Crippen molar-refractivity contribution in [1.82, 2.24) is 15.1 Å². The van der Waals surface area contributed by atoms with Crippen LogP contribution in [0.2, 0.25) is 0 Å². The fourth-order valence-corrected chi connectivity index (χ4v) is 2.03. The van der Waals surface area contributed by atoms with Crippen molar-refractivity contribution in [2.45, 2.75) is 39.8 Å². The van der Waals surface area contributed by atoms with Crippen LogP contribution in [0.1, 0.15) is 31.9 Å². The van der Waals surface area contributed by atoms with E-state index in [0.29, 0.717) is 12.4 Å². The second kappa shape index (κ2) is 6.17. The van der Waals surface area contributed by atoms with Crippen LogP contribution >= 0.6 is 0 Å². The van der Waals surface area contributed by atoms with Crippen LogP contribution in [0.5, 0.6) is 0 Å². The van der Waals surface area contributed by atoms with E-state index < -0.39 is 5.60 Å². The van der Waals surface area contributed by atoms with Gasteiger partial charge in [-0.05, 0) is 44.9 Å². The van der Waals surface area contributed by atoms with E-state index in [1.807, 2.05) is 45.9 Å². The summed E-state index contributed by atoms with van der Waals surface area (Å²) in [5, 5.41) is 7.59. The molecule has 6 nitrogen and oxygen atoms in total. The third-order valence-corrected chi connectivity index (χ3v) is 3.01. The minimum absolute atomic E-state index is 0.342. The molecule has 1 aromatic heterocycles. The Morgan fingerprint density at radius 2 is 2.09 bits per heavy atom. The average Bonchev–Trinajstić information content (AvgIpc) is 2.90. The van der Waals surface area contributed by atoms with Gasteiger partial charge in [-0.2, -0.15) is 0 Å². The Balaban J connectivity index is 2.08. The lowest BCUT2D eigenvalue weighted by Crippen LogP contribution is -2.33. The minimum atomic E-state index is -0.497. The van der Waals surface area contributed by atoms with E-state index in [4.69, 9.17) is 9.15 Å². The first kappa shape index (κ1) is 16.0. The number of carbonyl (C=O) groups is 1. The van der Waals surface area contributed by atoms with Crippen molar-refractivity contribution < 1.29 is 13.9 Å². The summed E-state index contributed by atoms with van der Waals surface area (Å²) in [6, 6.07) is 5.86. The fraction of sp³-hybridized carbons (Fsp3) is 0.438. The lowest BCUT2D eigenvalue weighted by atomic mass is 10.0. The zero-order chi connectivity index (χ0) is 16.3. The van der Waals surface area contributed by atoms with Crippen molar-refractivity contribution in [1.29, 1.82) is 0 Å². The highest BCUT2D eigenvalue weighted by Crippen LogP contribution is 2.22. The molecule has 0 radical (unpaired) electrons. The molecule has 0 aliphatic rings. The van der Waals surface area contributed by atoms with Gasteiger partial charge in [0.05, 0.1) is 0 Å². The van der Waals surface area contributed by atoms with Gasteiger partial charge in [0.2, 0.25) is 12.3 Å². The number of hydrogen-bond donors (Lipinski definition) is 0. The summed E-state index contributed by atoms with van der Waals surface area (Å²) in [7, 11) is 1.72. The largest absolute Gasteiger partial charge is 0.444 e. The van der Waals surface area contributed by atoms with Crippen LogP contribution in [-0.4, -0.2) is 33.8 Å². The fourth-order valence-electron chi connectivity index (χ4n) is 2.03. The Morgan fingerprint density at radius 3 is 2.64 bits per heavy atom. The maximum Gasteiger partial charge on any atom is 0.410 e. The number of aromatic nitrogens is 2. The first-order valence-electron chi connectivity index (χ1n) is 7.06. The lowest BCUT2D eigenvalue weighted by Gasteiger charge is -2.24. The van der Waals surface area contributed by atoms with Gasteiger partial charge in [-0.15, -0.1) is 10.2 Å². The van der Waals surface area contributed by atoms with Gasteiger partial charge in [0.25, 0.3) is 0 Å². The summed E-state index contributed by atoms with van der Waals surface area (Å²) in [5.41, 5.74) is 2.41. The first-order valence-corrected chi connectivity index (χ1v) is 7.06. The molecule has 1 aromatic carbocycles. The molecule has 1 amide bonds. The van der Waals surface area contributed by atoms with Gasteiger partial charge >= 0.3 is 6.09 Å². The molecule has 2 aromatic rings. The number of amides is 1. The number of hydrogen-bond acceptors (Lipinski definition) is 5. The molecular formula is C16H21N3O3. The smallest absolute Gasteiger partial charge is 0.410 e. The molecule has 0 unspecified atom stereocenters. The standard InChI is InChI=1S/C16H21N3O3/c1-11-8-12(6-7-13(11)14-18-17-10-21-14)9-19(5)15(20)22-16(2,3)4/h6-8,10H,9H2,1-5H3. The molecule has 0 aliphatic heterocycles. The molecule has 118 valence electrons. The van der Waals surface area contributed by atoms with Crippen molar-refractivity contribution in [3.05, 3.63) is 35.7 Å². The molecule has 1 heterocycles. The topological polar surface area (TPSA) is 68.5 Å². The Kier molecular flexibility index (Phi) is 4.49. The van der Waals surface area contributed by atoms with Gasteiger partial charge in [-0.3, -0.25) is 0 Å². The number of rotatable bonds is 3. The highest BCUT2D eigenvalue weighted by Gasteiger charge is 2.19. The van der Waals surface area contributed by atoms with E-state index in [9.17, 15) is 4.79 Å². The highest BCUT2D eigenvalue weighted by atomic mass is 16.6. The molecule has 2 rings (SSSR count). The van der Waals surface area contributed by atoms with Gasteiger partial charge < -0.3 is 14.1 Å². The zero-order valence-electron chi connectivity index (χ0n) is 13.6. The monoisotopic (exact) mass is 303 g/mol. The molecule has 22 heavy (non-hydrogen) atoms. The Bertz CT molecular complexity index is 645. The van der Waals surface area contributed by atoms with Crippen LogP contribution < -0.4 is 0 Å². The van der Waals surface area contributed by atoms with Crippen LogP contribution in [-0.2, 0) is 11.3 Å². The third-order valence-electron chi connectivity index (χ3n) is 3.01. The van der Waals surface area contributed by atoms with Crippen molar-refractivity contribution in [2.24, 2.45) is 0 Å². The number of ether oxygens (including phenoxy) is 1. The van der Waals surface area contributed by atoms with Crippen LogP contribution in [0.25, 0.3) is 11.5 Å². The second-order valence-electron chi connectivity index (χ2n) is 6.23. The molecule has 0 saturated carbocycles. The number of aryl methyl sites for hydroxylation is 1. The van der Waals surface area contributed by atoms with Gasteiger partial charge in [-0.25, -0.2) is 4.79 Å². The predicted octanol–water partition coefficient (Wildman–Crippen LogP) is 3.41. The quantitative estimate of drug-likeness (QED) is 0.869. The normalized spacial score (nSPS) is 11.3. The summed E-state index contributed by atoms with van der Waals surface area (Å²) in [5.74, 6) is 0.490. The van der Waals surface area contributed by atoms with E-state index in [-0.39, 0.29) is 6.09 Å². The highest BCUT2D eigenvalue weighted by molar-refractivity contribution is 5.68. The minimum Gasteiger partial charge on any atom is -0.444 e. The zero-order valence-corrected chi connectivity index (χ0v) is 13.6. The number of nitrogens with zero attached hydrogens (tertiary/aromatic N) is 3. The molecule has 0 saturated heterocycles. The van der Waals surface area contributed by atoms with Crippen LogP contribution in [0.15, 0.2) is 29.0 Å². The van der Waals surface area contributed by atoms with E-state index >= 15 is 0 Å². The third kappa shape index (κ3) is 4.07. The molecule has 0 fully saturated rings. The molecule has 0 bridgehead atoms. The van der Waals surface area contributed by atoms with Crippen LogP contribution in [0.4, 0.5) is 4.79 Å². The Labute approximate surface area is 130 Å². The van der Waals surface area contributed by atoms with Crippen molar-refractivity contribution >= 4 is 6.09 Å². The summed E-state index contributed by atoms with van der Waals surface area (Å²) in [6.45, 7) is 7.99. The molecule has 0 N–H and O–H groups in total. The van der Waals surface area contributed by atoms with E-state index in [1.54, 1.807) is 11.9 Å². The molecule has 6 heteroatoms. The van der Waals surface area contributed by atoms with Crippen molar-refractivity contribution in [3.8, 4) is 11.5 Å². The van der Waals surface area contributed by atoms with Crippen molar-refractivity contribution in [3.63, 3.8) is 0 Å². The summed E-state index contributed by atoms with van der Waals surface area (Å²) in [6.07, 6.45) is 0.963. The predicted molar refractivity (Wildman–Crippen MR) is 82.2 cm³/mol. The molecule has 0 atom stereocenters. The van der Waals surface area contributed by atoms with Gasteiger partial charge in [0, 0.05) is 19.2 Å². The van der Waals surface area contributed by atoms with Crippen LogP contribution in [0, 0.1) is 6.92 Å². The summed E-state index contributed by atoms with van der Waals surface area (Å²) in [4.78, 5) is 13.5. The van der Waals surface area contributed by atoms with E-state index in [1.165, 1.54) is 6.39 Å². The van der Waals surface area contributed by atoms with Gasteiger partial charge in [-0.1, -0.05) is 12.1 Å². The molecular weight excluding hydrogens is 282 g/mol.